The van der Waals surface area contributed by atoms with Crippen molar-refractivity contribution in [1.82, 2.24) is 14.7 Å². The molecule has 5 rings (SSSR count). The molecule has 0 unspecified atom stereocenters. The lowest BCUT2D eigenvalue weighted by atomic mass is 9.96. The molecule has 0 bridgehead atoms. The Morgan fingerprint density at radius 2 is 1.50 bits per heavy atom. The summed E-state index contributed by atoms with van der Waals surface area (Å²) in [6.45, 7) is 5.54. The van der Waals surface area contributed by atoms with Gasteiger partial charge in [-0.15, -0.1) is 0 Å². The van der Waals surface area contributed by atoms with Gasteiger partial charge in [-0.25, -0.2) is 4.79 Å². The smallest absolute Gasteiger partial charge is 0.411 e. The molecule has 44 heavy (non-hydrogen) atoms. The van der Waals surface area contributed by atoms with E-state index >= 15 is 0 Å². The number of carbonyl (C=O) groups excluding carboxylic acids is 3. The van der Waals surface area contributed by atoms with Gasteiger partial charge in [0.1, 0.15) is 6.10 Å². The third-order valence-corrected chi connectivity index (χ3v) is 8.72. The van der Waals surface area contributed by atoms with Gasteiger partial charge < -0.3 is 20.3 Å². The summed E-state index contributed by atoms with van der Waals surface area (Å²) >= 11 is 0. The maximum absolute atomic E-state index is 13.0. The summed E-state index contributed by atoms with van der Waals surface area (Å²) in [5.74, 6) is -0.204. The van der Waals surface area contributed by atoms with E-state index in [0.29, 0.717) is 17.8 Å². The molecule has 2 saturated heterocycles. The van der Waals surface area contributed by atoms with Crippen molar-refractivity contribution in [3.8, 4) is 11.1 Å². The fraction of sp³-hybridized carbons (Fsp3) is 0.400. The molecule has 3 N–H and O–H groups in total. The highest BCUT2D eigenvalue weighted by Gasteiger charge is 2.24. The van der Waals surface area contributed by atoms with Crippen molar-refractivity contribution in [2.45, 2.75) is 38.3 Å². The minimum absolute atomic E-state index is 0.00467. The van der Waals surface area contributed by atoms with E-state index in [9.17, 15) is 14.4 Å². The lowest BCUT2D eigenvalue weighted by Crippen LogP contribution is -2.42. The van der Waals surface area contributed by atoms with Crippen LogP contribution in [0.15, 0.2) is 78.9 Å². The molecule has 9 nitrogen and oxygen atoms in total. The Balaban J connectivity index is 0.999. The fourth-order valence-electron chi connectivity index (χ4n) is 5.96. The Kier molecular flexibility index (Phi) is 10.6. The maximum Gasteiger partial charge on any atom is 0.411 e. The van der Waals surface area contributed by atoms with Gasteiger partial charge in [-0.2, -0.15) is 0 Å². The Hall–Kier alpha value is -4.21. The first kappa shape index (κ1) is 31.2. The first-order valence-electron chi connectivity index (χ1n) is 15.6. The average Bonchev–Trinajstić information content (AvgIpc) is 3.05. The zero-order chi connectivity index (χ0) is 30.9. The lowest BCUT2D eigenvalue weighted by molar-refractivity contribution is -0.123. The molecule has 232 valence electrons. The average molecular weight is 598 g/mol. The summed E-state index contributed by atoms with van der Waals surface area (Å²) in [7, 11) is 1.84. The molecule has 0 aliphatic carbocycles. The van der Waals surface area contributed by atoms with Crippen molar-refractivity contribution >= 4 is 23.6 Å². The molecule has 3 aromatic carbocycles. The molecule has 0 radical (unpaired) electrons. The number of benzene rings is 3. The van der Waals surface area contributed by atoms with Gasteiger partial charge in [0.05, 0.1) is 0 Å². The van der Waals surface area contributed by atoms with E-state index in [-0.39, 0.29) is 23.8 Å². The standard InChI is InChI=1S/C35H43N5O4/c1-38(34(42)29-12-10-26(11-13-29)25-40-18-14-28(15-19-40)33(36)41)22-23-39-20-16-32(17-21-39)44-35(43)37-31-9-5-8-30(24-31)27-6-3-2-4-7-27/h2-13,24,28,32H,14-23,25H2,1H3,(H2,36,41)(H,37,43). The number of hydrogen-bond donors (Lipinski definition) is 2. The minimum atomic E-state index is -0.433. The van der Waals surface area contributed by atoms with Gasteiger partial charge in [0, 0.05) is 56.9 Å². The Bertz CT molecular complexity index is 1400. The van der Waals surface area contributed by atoms with Gasteiger partial charge in [-0.3, -0.25) is 19.8 Å². The van der Waals surface area contributed by atoms with Crippen molar-refractivity contribution in [3.05, 3.63) is 90.0 Å². The number of anilines is 1. The number of carbonyl (C=O) groups is 3. The SMILES string of the molecule is CN(CCN1CCC(OC(=O)Nc2cccc(-c3ccccc3)c2)CC1)C(=O)c1ccc(CN2CCC(C(N)=O)CC2)cc1. The van der Waals surface area contributed by atoms with Crippen LogP contribution in [-0.4, -0.2) is 85.0 Å². The van der Waals surface area contributed by atoms with Crippen molar-refractivity contribution < 1.29 is 19.1 Å². The molecular formula is C35H43N5O4. The minimum Gasteiger partial charge on any atom is -0.446 e. The summed E-state index contributed by atoms with van der Waals surface area (Å²) in [6.07, 6.45) is 2.57. The normalized spacial score (nSPS) is 16.8. The van der Waals surface area contributed by atoms with Crippen LogP contribution in [0.25, 0.3) is 11.1 Å². The van der Waals surface area contributed by atoms with Gasteiger partial charge in [-0.1, -0.05) is 54.6 Å². The van der Waals surface area contributed by atoms with Crippen LogP contribution in [0.5, 0.6) is 0 Å². The summed E-state index contributed by atoms with van der Waals surface area (Å²) in [5, 5.41) is 2.87. The van der Waals surface area contributed by atoms with Crippen LogP contribution in [0.2, 0.25) is 0 Å². The zero-order valence-corrected chi connectivity index (χ0v) is 25.5. The number of nitrogens with two attached hydrogens (primary N) is 1. The van der Waals surface area contributed by atoms with Gasteiger partial charge in [0.15, 0.2) is 0 Å². The van der Waals surface area contributed by atoms with E-state index < -0.39 is 6.09 Å². The largest absolute Gasteiger partial charge is 0.446 e. The van der Waals surface area contributed by atoms with Crippen LogP contribution in [-0.2, 0) is 16.1 Å². The van der Waals surface area contributed by atoms with Gasteiger partial charge in [0.2, 0.25) is 5.91 Å². The quantitative estimate of drug-likeness (QED) is 0.347. The molecule has 0 saturated carbocycles. The van der Waals surface area contributed by atoms with Crippen LogP contribution in [0.3, 0.4) is 0 Å². The number of nitrogens with zero attached hydrogens (tertiary/aromatic N) is 3. The van der Waals surface area contributed by atoms with Crippen molar-refractivity contribution in [3.63, 3.8) is 0 Å². The van der Waals surface area contributed by atoms with E-state index in [0.717, 1.165) is 81.6 Å². The van der Waals surface area contributed by atoms with E-state index in [4.69, 9.17) is 10.5 Å². The Morgan fingerprint density at radius 1 is 0.841 bits per heavy atom. The predicted molar refractivity (Wildman–Crippen MR) is 172 cm³/mol. The second-order valence-electron chi connectivity index (χ2n) is 11.9. The zero-order valence-electron chi connectivity index (χ0n) is 25.5. The molecule has 2 aliphatic heterocycles. The number of primary amides is 1. The molecule has 2 aliphatic rings. The van der Waals surface area contributed by atoms with Crippen LogP contribution in [0.4, 0.5) is 10.5 Å². The highest BCUT2D eigenvalue weighted by atomic mass is 16.6. The van der Waals surface area contributed by atoms with Gasteiger partial charge in [0.25, 0.3) is 5.91 Å². The molecule has 0 aromatic heterocycles. The highest BCUT2D eigenvalue weighted by molar-refractivity contribution is 5.94. The molecule has 0 spiro atoms. The Labute approximate surface area is 260 Å². The highest BCUT2D eigenvalue weighted by Crippen LogP contribution is 2.23. The van der Waals surface area contributed by atoms with E-state index in [1.165, 1.54) is 0 Å². The van der Waals surface area contributed by atoms with Crippen molar-refractivity contribution in [2.24, 2.45) is 11.7 Å². The van der Waals surface area contributed by atoms with Crippen molar-refractivity contribution in [1.29, 1.82) is 0 Å². The number of nitrogens with one attached hydrogen (secondary N) is 1. The van der Waals surface area contributed by atoms with E-state index in [2.05, 4.69) is 15.1 Å². The first-order chi connectivity index (χ1) is 21.3. The molecule has 2 heterocycles. The molecule has 3 aromatic rings. The summed E-state index contributed by atoms with van der Waals surface area (Å²) in [4.78, 5) is 43.4. The number of hydrogen-bond acceptors (Lipinski definition) is 6. The molecule has 0 atom stereocenters. The topological polar surface area (TPSA) is 108 Å². The van der Waals surface area contributed by atoms with Crippen LogP contribution in [0.1, 0.15) is 41.6 Å². The van der Waals surface area contributed by atoms with Crippen molar-refractivity contribution in [2.75, 3.05) is 51.6 Å². The van der Waals surface area contributed by atoms with Crippen LogP contribution in [0, 0.1) is 5.92 Å². The summed E-state index contributed by atoms with van der Waals surface area (Å²) in [6, 6.07) is 25.6. The molecular weight excluding hydrogens is 554 g/mol. The van der Waals surface area contributed by atoms with Crippen LogP contribution >= 0.6 is 0 Å². The second-order valence-corrected chi connectivity index (χ2v) is 11.9. The summed E-state index contributed by atoms with van der Waals surface area (Å²) in [5.41, 5.74) is 10.1. The first-order valence-corrected chi connectivity index (χ1v) is 15.6. The number of piperidine rings is 2. The molecule has 3 amide bonds. The van der Waals surface area contributed by atoms with Gasteiger partial charge >= 0.3 is 6.09 Å². The third kappa shape index (κ3) is 8.67. The fourth-order valence-corrected chi connectivity index (χ4v) is 5.96. The molecule has 9 heteroatoms. The Morgan fingerprint density at radius 3 is 2.18 bits per heavy atom. The molecule has 2 fully saturated rings. The van der Waals surface area contributed by atoms with Crippen LogP contribution < -0.4 is 11.1 Å². The third-order valence-electron chi connectivity index (χ3n) is 8.72. The number of likely N-dealkylation sites (N-methyl/N-ethyl adjacent to an activating group) is 1. The monoisotopic (exact) mass is 597 g/mol. The number of amides is 3. The van der Waals surface area contributed by atoms with E-state index in [1.54, 1.807) is 4.90 Å². The lowest BCUT2D eigenvalue weighted by Gasteiger charge is -2.32. The number of ether oxygens (including phenoxy) is 1. The number of rotatable bonds is 10. The van der Waals surface area contributed by atoms with Gasteiger partial charge in [-0.05, 0) is 79.7 Å². The van der Waals surface area contributed by atoms with E-state index in [1.807, 2.05) is 85.9 Å². The predicted octanol–water partition coefficient (Wildman–Crippen LogP) is 4.84. The summed E-state index contributed by atoms with van der Waals surface area (Å²) < 4.78 is 5.72. The maximum atomic E-state index is 13.0. The number of likely N-dealkylation sites (tertiary alicyclic amines) is 2. The second kappa shape index (κ2) is 15.0.